The van der Waals surface area contributed by atoms with Crippen molar-refractivity contribution in [2.24, 2.45) is 7.05 Å². The van der Waals surface area contributed by atoms with Gasteiger partial charge in [-0.2, -0.15) is 4.98 Å². The second kappa shape index (κ2) is 7.90. The molecule has 0 aliphatic carbocycles. The molecule has 0 aliphatic heterocycles. The molecule has 1 aromatic carbocycles. The number of nitrogens with zero attached hydrogens (tertiary/aromatic N) is 5. The number of benzene rings is 1. The highest BCUT2D eigenvalue weighted by atomic mass is 16.5. The number of unbranched alkanes of at least 4 members (excludes halogenated alkanes) is 1. The zero-order valence-corrected chi connectivity index (χ0v) is 18.1. The molecule has 0 spiro atoms. The summed E-state index contributed by atoms with van der Waals surface area (Å²) in [6.45, 7) is 6.38. The molecule has 4 rings (SSSR count). The Hall–Kier alpha value is -3.62. The van der Waals surface area contributed by atoms with Crippen molar-refractivity contribution in [2.45, 2.75) is 40.2 Å². The molecule has 3 heterocycles. The Morgan fingerprint density at radius 2 is 1.84 bits per heavy atom. The summed E-state index contributed by atoms with van der Waals surface area (Å²) in [7, 11) is 1.63. The number of imidazole rings is 2. The molecule has 0 saturated heterocycles. The number of hydrogen-bond donors (Lipinski definition) is 0. The Morgan fingerprint density at radius 1 is 1.13 bits per heavy atom. The fraction of sp³-hybridized carbons (Fsp3) is 0.364. The van der Waals surface area contributed by atoms with Crippen LogP contribution < -0.4 is 11.2 Å². The topological polar surface area (TPSA) is 92.5 Å². The fourth-order valence-electron chi connectivity index (χ4n) is 3.80. The van der Waals surface area contributed by atoms with Crippen LogP contribution in [0.25, 0.3) is 22.6 Å². The number of carbonyl (C=O) groups is 1. The molecule has 0 saturated carbocycles. The minimum atomic E-state index is -0.377. The first-order valence-corrected chi connectivity index (χ1v) is 10.4. The average Bonchev–Trinajstić information content (AvgIpc) is 3.27. The van der Waals surface area contributed by atoms with E-state index in [4.69, 9.17) is 4.74 Å². The first-order valence-electron chi connectivity index (χ1n) is 10.4. The molecule has 0 aliphatic rings. The van der Waals surface area contributed by atoms with Crippen LogP contribution in [-0.2, 0) is 18.3 Å². The summed E-state index contributed by atoms with van der Waals surface area (Å²) in [5, 5.41) is 0. The lowest BCUT2D eigenvalue weighted by Gasteiger charge is -2.07. The van der Waals surface area contributed by atoms with Gasteiger partial charge in [0, 0.05) is 31.2 Å². The lowest BCUT2D eigenvalue weighted by atomic mass is 10.2. The highest BCUT2D eigenvalue weighted by molar-refractivity contribution is 5.89. The molecule has 0 N–H and O–H groups in total. The summed E-state index contributed by atoms with van der Waals surface area (Å²) in [4.78, 5) is 42.4. The Labute approximate surface area is 178 Å². The summed E-state index contributed by atoms with van der Waals surface area (Å²) in [6.07, 6.45) is 3.46. The van der Waals surface area contributed by atoms with Crippen LogP contribution in [0.5, 0.6) is 0 Å². The SMILES string of the molecule is CCCCn1c(=O)c2c(nc3n(-c4ccc(C(=O)OCC)cc4)c(C)cn23)n(C)c1=O. The van der Waals surface area contributed by atoms with E-state index in [-0.39, 0.29) is 17.2 Å². The van der Waals surface area contributed by atoms with Crippen LogP contribution in [0.1, 0.15) is 42.7 Å². The first kappa shape index (κ1) is 20.6. The number of fused-ring (bicyclic) bond motifs is 3. The van der Waals surface area contributed by atoms with Crippen LogP contribution >= 0.6 is 0 Å². The van der Waals surface area contributed by atoms with Crippen LogP contribution in [0.3, 0.4) is 0 Å². The van der Waals surface area contributed by atoms with Gasteiger partial charge in [-0.25, -0.2) is 9.59 Å². The normalized spacial score (nSPS) is 11.5. The summed E-state index contributed by atoms with van der Waals surface area (Å²) < 4.78 is 11.3. The molecule has 3 aromatic heterocycles. The second-order valence-electron chi connectivity index (χ2n) is 7.48. The summed E-state index contributed by atoms with van der Waals surface area (Å²) in [5.41, 5.74) is 2.12. The third-order valence-electron chi connectivity index (χ3n) is 5.40. The lowest BCUT2D eigenvalue weighted by Crippen LogP contribution is -2.39. The third-order valence-corrected chi connectivity index (χ3v) is 5.40. The van der Waals surface area contributed by atoms with Crippen LogP contribution in [0, 0.1) is 6.92 Å². The van der Waals surface area contributed by atoms with Crippen molar-refractivity contribution in [3.05, 3.63) is 62.6 Å². The number of ether oxygens (including phenoxy) is 1. The van der Waals surface area contributed by atoms with E-state index in [1.54, 1.807) is 42.6 Å². The standard InChI is InChI=1S/C22H25N5O4/c1-5-7-12-25-19(28)17-18(24(4)22(25)30)23-21-26(17)13-14(3)27(21)16-10-8-15(9-11-16)20(29)31-6-2/h8-11,13H,5-7,12H2,1-4H3. The van der Waals surface area contributed by atoms with Crippen molar-refractivity contribution in [1.82, 2.24) is 23.1 Å². The Balaban J connectivity index is 1.92. The molecule has 0 amide bonds. The largest absolute Gasteiger partial charge is 0.462 e. The predicted molar refractivity (Wildman–Crippen MR) is 117 cm³/mol. The van der Waals surface area contributed by atoms with Crippen LogP contribution in [-0.4, -0.2) is 35.7 Å². The van der Waals surface area contributed by atoms with Gasteiger partial charge in [0.05, 0.1) is 12.2 Å². The van der Waals surface area contributed by atoms with E-state index in [9.17, 15) is 14.4 Å². The highest BCUT2D eigenvalue weighted by Crippen LogP contribution is 2.21. The van der Waals surface area contributed by atoms with Gasteiger partial charge in [0.25, 0.3) is 5.56 Å². The Bertz CT molecular complexity index is 1400. The van der Waals surface area contributed by atoms with E-state index in [1.807, 2.05) is 24.6 Å². The van der Waals surface area contributed by atoms with Gasteiger partial charge in [-0.1, -0.05) is 13.3 Å². The van der Waals surface area contributed by atoms with E-state index in [1.165, 1.54) is 9.13 Å². The molecule has 0 atom stereocenters. The molecule has 31 heavy (non-hydrogen) atoms. The monoisotopic (exact) mass is 423 g/mol. The third kappa shape index (κ3) is 3.26. The van der Waals surface area contributed by atoms with Crippen LogP contribution in [0.4, 0.5) is 0 Å². The van der Waals surface area contributed by atoms with Gasteiger partial charge >= 0.3 is 11.7 Å². The van der Waals surface area contributed by atoms with E-state index in [0.717, 1.165) is 24.2 Å². The number of carbonyl (C=O) groups excluding carboxylic acids is 1. The smallest absolute Gasteiger partial charge is 0.338 e. The molecule has 0 unspecified atom stereocenters. The summed E-state index contributed by atoms with van der Waals surface area (Å²) in [5.74, 6) is 0.148. The van der Waals surface area contributed by atoms with Crippen LogP contribution in [0.2, 0.25) is 0 Å². The van der Waals surface area contributed by atoms with Crippen molar-refractivity contribution < 1.29 is 9.53 Å². The molecule has 0 fully saturated rings. The molecule has 0 bridgehead atoms. The number of rotatable bonds is 6. The second-order valence-corrected chi connectivity index (χ2v) is 7.48. The van der Waals surface area contributed by atoms with Gasteiger partial charge in [-0.05, 0) is 44.5 Å². The zero-order valence-electron chi connectivity index (χ0n) is 18.1. The minimum Gasteiger partial charge on any atom is -0.462 e. The van der Waals surface area contributed by atoms with E-state index in [2.05, 4.69) is 4.98 Å². The van der Waals surface area contributed by atoms with E-state index in [0.29, 0.717) is 35.7 Å². The summed E-state index contributed by atoms with van der Waals surface area (Å²) in [6, 6.07) is 6.99. The van der Waals surface area contributed by atoms with Gasteiger partial charge in [-0.3, -0.25) is 22.9 Å². The molecule has 0 radical (unpaired) electrons. The van der Waals surface area contributed by atoms with Gasteiger partial charge in [0.15, 0.2) is 11.2 Å². The van der Waals surface area contributed by atoms with Crippen molar-refractivity contribution in [2.75, 3.05) is 6.61 Å². The molecular weight excluding hydrogens is 398 g/mol. The first-order chi connectivity index (χ1) is 14.9. The molecular formula is C22H25N5O4. The maximum atomic E-state index is 13.1. The number of aryl methyl sites for hydroxylation is 2. The minimum absolute atomic E-state index is 0.313. The van der Waals surface area contributed by atoms with Crippen molar-refractivity contribution in [1.29, 1.82) is 0 Å². The molecule has 162 valence electrons. The van der Waals surface area contributed by atoms with E-state index < -0.39 is 0 Å². The molecule has 9 heteroatoms. The van der Waals surface area contributed by atoms with E-state index >= 15 is 0 Å². The highest BCUT2D eigenvalue weighted by Gasteiger charge is 2.20. The quantitative estimate of drug-likeness (QED) is 0.444. The van der Waals surface area contributed by atoms with Crippen molar-refractivity contribution in [3.8, 4) is 5.69 Å². The Morgan fingerprint density at radius 3 is 2.48 bits per heavy atom. The fourth-order valence-corrected chi connectivity index (χ4v) is 3.80. The van der Waals surface area contributed by atoms with Crippen molar-refractivity contribution >= 4 is 22.9 Å². The number of esters is 1. The summed E-state index contributed by atoms with van der Waals surface area (Å²) >= 11 is 0. The molecule has 4 aromatic rings. The molecule has 9 nitrogen and oxygen atoms in total. The van der Waals surface area contributed by atoms with Crippen molar-refractivity contribution in [3.63, 3.8) is 0 Å². The average molecular weight is 423 g/mol. The number of aromatic nitrogens is 5. The lowest BCUT2D eigenvalue weighted by molar-refractivity contribution is 0.0526. The maximum Gasteiger partial charge on any atom is 0.338 e. The van der Waals surface area contributed by atoms with Gasteiger partial charge in [0.2, 0.25) is 5.78 Å². The zero-order chi connectivity index (χ0) is 22.3. The number of hydrogen-bond acceptors (Lipinski definition) is 5. The maximum absolute atomic E-state index is 13.1. The van der Waals surface area contributed by atoms with Gasteiger partial charge in [-0.15, -0.1) is 0 Å². The van der Waals surface area contributed by atoms with Crippen LogP contribution in [0.15, 0.2) is 40.1 Å². The Kier molecular flexibility index (Phi) is 5.26. The predicted octanol–water partition coefficient (Wildman–Crippen LogP) is 2.42. The van der Waals surface area contributed by atoms with Gasteiger partial charge in [0.1, 0.15) is 0 Å². The van der Waals surface area contributed by atoms with Gasteiger partial charge < -0.3 is 4.74 Å².